The highest BCUT2D eigenvalue weighted by atomic mass is 19.1. The first-order valence-corrected chi connectivity index (χ1v) is 5.47. The van der Waals surface area contributed by atoms with Crippen molar-refractivity contribution in [3.05, 3.63) is 65.5 Å². The molecule has 2 aromatic carbocycles. The summed E-state index contributed by atoms with van der Waals surface area (Å²) in [7, 11) is 0. The number of halogens is 3. The largest absolute Gasteiger partial charge is 0.366 e. The van der Waals surface area contributed by atoms with Crippen LogP contribution >= 0.6 is 0 Å². The smallest absolute Gasteiger partial charge is 0.143 e. The van der Waals surface area contributed by atoms with Crippen LogP contribution in [0.1, 0.15) is 11.6 Å². The second-order valence-corrected chi connectivity index (χ2v) is 3.88. The summed E-state index contributed by atoms with van der Waals surface area (Å²) in [5, 5.41) is 11.7. The summed E-state index contributed by atoms with van der Waals surface area (Å²) in [6.07, 6.45) is 0. The SMILES string of the molecule is N#CC(Nc1ccc(F)cc1)c1cc(F)ccc1F. The minimum absolute atomic E-state index is 0.0909. The first kappa shape index (κ1) is 13.0. The van der Waals surface area contributed by atoms with Gasteiger partial charge in [0, 0.05) is 11.3 Å². The molecule has 0 bridgehead atoms. The van der Waals surface area contributed by atoms with Gasteiger partial charge >= 0.3 is 0 Å². The van der Waals surface area contributed by atoms with Gasteiger partial charge in [-0.15, -0.1) is 0 Å². The van der Waals surface area contributed by atoms with Crippen LogP contribution in [0.25, 0.3) is 0 Å². The molecule has 1 unspecified atom stereocenters. The van der Waals surface area contributed by atoms with Gasteiger partial charge in [-0.05, 0) is 42.5 Å². The molecule has 0 amide bonds. The van der Waals surface area contributed by atoms with Gasteiger partial charge in [0.05, 0.1) is 6.07 Å². The van der Waals surface area contributed by atoms with Crippen molar-refractivity contribution >= 4 is 5.69 Å². The molecule has 1 N–H and O–H groups in total. The molecule has 0 spiro atoms. The third-order valence-corrected chi connectivity index (χ3v) is 2.55. The fourth-order valence-electron chi connectivity index (χ4n) is 1.63. The van der Waals surface area contributed by atoms with E-state index in [1.165, 1.54) is 24.3 Å². The molecule has 19 heavy (non-hydrogen) atoms. The van der Waals surface area contributed by atoms with Gasteiger partial charge in [-0.25, -0.2) is 13.2 Å². The zero-order valence-electron chi connectivity index (χ0n) is 9.70. The van der Waals surface area contributed by atoms with Crippen LogP contribution in [0.2, 0.25) is 0 Å². The van der Waals surface area contributed by atoms with Crippen LogP contribution in [-0.4, -0.2) is 0 Å². The zero-order valence-corrected chi connectivity index (χ0v) is 9.70. The van der Waals surface area contributed by atoms with Crippen molar-refractivity contribution in [1.29, 1.82) is 5.26 Å². The predicted molar refractivity (Wildman–Crippen MR) is 64.7 cm³/mol. The van der Waals surface area contributed by atoms with Crippen LogP contribution in [0.4, 0.5) is 18.9 Å². The molecule has 0 radical (unpaired) electrons. The van der Waals surface area contributed by atoms with Crippen LogP contribution in [-0.2, 0) is 0 Å². The number of nitriles is 1. The summed E-state index contributed by atoms with van der Waals surface area (Å²) in [6, 6.07) is 8.92. The van der Waals surface area contributed by atoms with Gasteiger partial charge in [0.2, 0.25) is 0 Å². The molecule has 2 nitrogen and oxygen atoms in total. The van der Waals surface area contributed by atoms with Crippen LogP contribution in [0.5, 0.6) is 0 Å². The summed E-state index contributed by atoms with van der Waals surface area (Å²) in [6.45, 7) is 0. The molecule has 96 valence electrons. The average Bonchev–Trinajstić information content (AvgIpc) is 2.41. The predicted octanol–water partition coefficient (Wildman–Crippen LogP) is 3.78. The summed E-state index contributed by atoms with van der Waals surface area (Å²) in [5.74, 6) is -1.73. The number of hydrogen-bond acceptors (Lipinski definition) is 2. The summed E-state index contributed by atoms with van der Waals surface area (Å²) < 4.78 is 39.4. The van der Waals surface area contributed by atoms with Gasteiger partial charge in [0.15, 0.2) is 0 Å². The number of hydrogen-bond donors (Lipinski definition) is 1. The second-order valence-electron chi connectivity index (χ2n) is 3.88. The van der Waals surface area contributed by atoms with Crippen molar-refractivity contribution in [3.63, 3.8) is 0 Å². The first-order chi connectivity index (χ1) is 9.10. The molecule has 0 saturated heterocycles. The molecule has 0 aliphatic rings. The lowest BCUT2D eigenvalue weighted by Gasteiger charge is -2.14. The average molecular weight is 262 g/mol. The van der Waals surface area contributed by atoms with E-state index in [1.807, 2.05) is 6.07 Å². The van der Waals surface area contributed by atoms with Crippen molar-refractivity contribution in [2.24, 2.45) is 0 Å². The van der Waals surface area contributed by atoms with E-state index in [2.05, 4.69) is 5.32 Å². The number of benzene rings is 2. The fourth-order valence-corrected chi connectivity index (χ4v) is 1.63. The van der Waals surface area contributed by atoms with Crippen LogP contribution in [0, 0.1) is 28.8 Å². The molecule has 0 aliphatic heterocycles. The Hall–Kier alpha value is -2.48. The van der Waals surface area contributed by atoms with Crippen molar-refractivity contribution in [1.82, 2.24) is 0 Å². The van der Waals surface area contributed by atoms with E-state index in [4.69, 9.17) is 5.26 Å². The zero-order chi connectivity index (χ0) is 13.8. The molecule has 2 aromatic rings. The topological polar surface area (TPSA) is 35.8 Å². The molecular formula is C14H9F3N2. The van der Waals surface area contributed by atoms with E-state index in [0.717, 1.165) is 18.2 Å². The Balaban J connectivity index is 2.28. The Bertz CT molecular complexity index is 618. The van der Waals surface area contributed by atoms with Crippen molar-refractivity contribution in [3.8, 4) is 6.07 Å². The minimum Gasteiger partial charge on any atom is -0.366 e. The maximum atomic E-state index is 13.6. The lowest BCUT2D eigenvalue weighted by molar-refractivity contribution is 0.583. The lowest BCUT2D eigenvalue weighted by atomic mass is 10.1. The number of nitrogens with one attached hydrogen (secondary N) is 1. The molecule has 1 atom stereocenters. The molecule has 5 heteroatoms. The van der Waals surface area contributed by atoms with E-state index in [-0.39, 0.29) is 5.56 Å². The highest BCUT2D eigenvalue weighted by molar-refractivity contribution is 5.47. The molecular weight excluding hydrogens is 253 g/mol. The Labute approximate surface area is 108 Å². The van der Waals surface area contributed by atoms with E-state index >= 15 is 0 Å². The maximum Gasteiger partial charge on any atom is 0.143 e. The van der Waals surface area contributed by atoms with Crippen LogP contribution in [0.3, 0.4) is 0 Å². The molecule has 0 saturated carbocycles. The second kappa shape index (κ2) is 5.44. The summed E-state index contributed by atoms with van der Waals surface area (Å²) in [4.78, 5) is 0. The quantitative estimate of drug-likeness (QED) is 0.913. The van der Waals surface area contributed by atoms with Crippen molar-refractivity contribution in [2.75, 3.05) is 5.32 Å². The van der Waals surface area contributed by atoms with Gasteiger partial charge in [-0.3, -0.25) is 0 Å². The fraction of sp³-hybridized carbons (Fsp3) is 0.0714. The highest BCUT2D eigenvalue weighted by Crippen LogP contribution is 2.22. The van der Waals surface area contributed by atoms with Crippen molar-refractivity contribution in [2.45, 2.75) is 6.04 Å². The summed E-state index contributed by atoms with van der Waals surface area (Å²) >= 11 is 0. The molecule has 2 rings (SSSR count). The Morgan fingerprint density at radius 1 is 0.947 bits per heavy atom. The molecule has 0 aromatic heterocycles. The number of nitrogens with zero attached hydrogens (tertiary/aromatic N) is 1. The lowest BCUT2D eigenvalue weighted by Crippen LogP contribution is -2.10. The van der Waals surface area contributed by atoms with E-state index in [1.54, 1.807) is 0 Å². The van der Waals surface area contributed by atoms with E-state index in [9.17, 15) is 13.2 Å². The normalized spacial score (nSPS) is 11.7. The van der Waals surface area contributed by atoms with Gasteiger partial charge in [-0.1, -0.05) is 0 Å². The van der Waals surface area contributed by atoms with Gasteiger partial charge < -0.3 is 5.32 Å². The van der Waals surface area contributed by atoms with Gasteiger partial charge in [0.1, 0.15) is 23.5 Å². The van der Waals surface area contributed by atoms with Gasteiger partial charge in [-0.2, -0.15) is 5.26 Å². The van der Waals surface area contributed by atoms with Gasteiger partial charge in [0.25, 0.3) is 0 Å². The third-order valence-electron chi connectivity index (χ3n) is 2.55. The maximum absolute atomic E-state index is 13.6. The molecule has 0 heterocycles. The van der Waals surface area contributed by atoms with E-state index in [0.29, 0.717) is 5.69 Å². The molecule has 0 fully saturated rings. The number of anilines is 1. The monoisotopic (exact) mass is 262 g/mol. The highest BCUT2D eigenvalue weighted by Gasteiger charge is 2.16. The van der Waals surface area contributed by atoms with Crippen molar-refractivity contribution < 1.29 is 13.2 Å². The first-order valence-electron chi connectivity index (χ1n) is 5.47. The minimum atomic E-state index is -1.05. The summed E-state index contributed by atoms with van der Waals surface area (Å²) in [5.41, 5.74) is 0.350. The van der Waals surface area contributed by atoms with E-state index < -0.39 is 23.5 Å². The Kier molecular flexibility index (Phi) is 3.71. The van der Waals surface area contributed by atoms with Crippen LogP contribution in [0.15, 0.2) is 42.5 Å². The van der Waals surface area contributed by atoms with Crippen LogP contribution < -0.4 is 5.32 Å². The number of rotatable bonds is 3. The third kappa shape index (κ3) is 3.05. The standard InChI is InChI=1S/C14H9F3N2/c15-9-1-4-11(5-2-9)19-14(8-18)12-7-10(16)3-6-13(12)17/h1-7,14,19H. The Morgan fingerprint density at radius 3 is 2.21 bits per heavy atom. The molecule has 0 aliphatic carbocycles. The Morgan fingerprint density at radius 2 is 1.58 bits per heavy atom.